The Morgan fingerprint density at radius 3 is 2.31 bits per heavy atom. The minimum Gasteiger partial charge on any atom is -0.491 e. The maximum absolute atomic E-state index is 5.88. The molecule has 1 rings (SSSR count). The van der Waals surface area contributed by atoms with Gasteiger partial charge in [-0.25, -0.2) is 0 Å². The van der Waals surface area contributed by atoms with E-state index in [1.807, 2.05) is 32.0 Å². The van der Waals surface area contributed by atoms with Crippen LogP contribution in [0.25, 0.3) is 0 Å². The SMILES string of the molecule is CCN(CC)c1cc(N)cc(OC(C)C)c1. The lowest BCUT2D eigenvalue weighted by atomic mass is 10.2. The van der Waals surface area contributed by atoms with Gasteiger partial charge in [0, 0.05) is 36.6 Å². The fourth-order valence-electron chi connectivity index (χ4n) is 1.72. The van der Waals surface area contributed by atoms with Crippen LogP contribution in [0, 0.1) is 0 Å². The zero-order valence-corrected chi connectivity index (χ0v) is 10.7. The van der Waals surface area contributed by atoms with Gasteiger partial charge in [0.15, 0.2) is 0 Å². The Morgan fingerprint density at radius 1 is 1.19 bits per heavy atom. The average Bonchev–Trinajstić information content (AvgIpc) is 2.17. The minimum atomic E-state index is 0.173. The Kier molecular flexibility index (Phi) is 4.47. The molecule has 0 radical (unpaired) electrons. The molecule has 0 amide bonds. The van der Waals surface area contributed by atoms with Crippen molar-refractivity contribution in [3.63, 3.8) is 0 Å². The first kappa shape index (κ1) is 12.7. The first-order valence-electron chi connectivity index (χ1n) is 5.89. The summed E-state index contributed by atoms with van der Waals surface area (Å²) < 4.78 is 5.67. The molecule has 0 aliphatic heterocycles. The van der Waals surface area contributed by atoms with Gasteiger partial charge in [-0.05, 0) is 33.8 Å². The van der Waals surface area contributed by atoms with Crippen LogP contribution < -0.4 is 15.4 Å². The molecule has 3 nitrogen and oxygen atoms in total. The van der Waals surface area contributed by atoms with Crippen LogP contribution in [0.5, 0.6) is 5.75 Å². The molecule has 0 fully saturated rings. The first-order valence-corrected chi connectivity index (χ1v) is 5.89. The van der Waals surface area contributed by atoms with E-state index >= 15 is 0 Å². The summed E-state index contributed by atoms with van der Waals surface area (Å²) in [6.45, 7) is 10.2. The molecule has 0 bridgehead atoms. The predicted molar refractivity (Wildman–Crippen MR) is 70.2 cm³/mol. The summed E-state index contributed by atoms with van der Waals surface area (Å²) >= 11 is 0. The van der Waals surface area contributed by atoms with E-state index in [0.717, 1.165) is 30.2 Å². The molecule has 1 aromatic rings. The van der Waals surface area contributed by atoms with E-state index in [9.17, 15) is 0 Å². The standard InChI is InChI=1S/C13H22N2O/c1-5-15(6-2)12-7-11(14)8-13(9-12)16-10(3)4/h7-10H,5-6,14H2,1-4H3. The quantitative estimate of drug-likeness (QED) is 0.778. The van der Waals surface area contributed by atoms with E-state index < -0.39 is 0 Å². The van der Waals surface area contributed by atoms with Gasteiger partial charge in [0.2, 0.25) is 0 Å². The number of nitrogens with two attached hydrogens (primary N) is 1. The number of rotatable bonds is 5. The van der Waals surface area contributed by atoms with Crippen molar-refractivity contribution in [1.82, 2.24) is 0 Å². The van der Waals surface area contributed by atoms with Gasteiger partial charge in [-0.1, -0.05) is 0 Å². The van der Waals surface area contributed by atoms with Gasteiger partial charge in [-0.15, -0.1) is 0 Å². The van der Waals surface area contributed by atoms with E-state index in [1.165, 1.54) is 0 Å². The van der Waals surface area contributed by atoms with Gasteiger partial charge in [0.05, 0.1) is 6.10 Å². The number of anilines is 2. The maximum Gasteiger partial charge on any atom is 0.123 e. The third-order valence-electron chi connectivity index (χ3n) is 2.41. The number of ether oxygens (including phenoxy) is 1. The summed E-state index contributed by atoms with van der Waals surface area (Å²) in [7, 11) is 0. The predicted octanol–water partition coefficient (Wildman–Crippen LogP) is 2.90. The molecule has 0 aliphatic carbocycles. The molecule has 1 aromatic carbocycles. The van der Waals surface area contributed by atoms with Crippen LogP contribution in [0.4, 0.5) is 11.4 Å². The van der Waals surface area contributed by atoms with Crippen molar-refractivity contribution in [2.45, 2.75) is 33.8 Å². The zero-order chi connectivity index (χ0) is 12.1. The monoisotopic (exact) mass is 222 g/mol. The smallest absolute Gasteiger partial charge is 0.123 e. The van der Waals surface area contributed by atoms with Crippen molar-refractivity contribution in [2.24, 2.45) is 0 Å². The van der Waals surface area contributed by atoms with E-state index in [1.54, 1.807) is 0 Å². The summed E-state index contributed by atoms with van der Waals surface area (Å²) in [5.74, 6) is 0.844. The maximum atomic E-state index is 5.88. The molecule has 2 N–H and O–H groups in total. The molecule has 0 heterocycles. The summed E-state index contributed by atoms with van der Waals surface area (Å²) in [4.78, 5) is 2.25. The number of nitrogens with zero attached hydrogens (tertiary/aromatic N) is 1. The van der Waals surface area contributed by atoms with Gasteiger partial charge in [0.1, 0.15) is 5.75 Å². The number of hydrogen-bond acceptors (Lipinski definition) is 3. The summed E-state index contributed by atoms with van der Waals surface area (Å²) in [5, 5.41) is 0. The number of nitrogen functional groups attached to an aromatic ring is 1. The molecule has 3 heteroatoms. The molecule has 16 heavy (non-hydrogen) atoms. The zero-order valence-electron chi connectivity index (χ0n) is 10.7. The molecule has 0 aliphatic rings. The van der Waals surface area contributed by atoms with Crippen LogP contribution in [-0.4, -0.2) is 19.2 Å². The summed E-state index contributed by atoms with van der Waals surface area (Å²) in [5.41, 5.74) is 7.75. The Labute approximate surface area is 98.2 Å². The van der Waals surface area contributed by atoms with Crippen molar-refractivity contribution in [3.05, 3.63) is 18.2 Å². The fraction of sp³-hybridized carbons (Fsp3) is 0.538. The van der Waals surface area contributed by atoms with Crippen LogP contribution in [0.15, 0.2) is 18.2 Å². The molecular formula is C13H22N2O. The lowest BCUT2D eigenvalue weighted by Gasteiger charge is -2.22. The fourth-order valence-corrected chi connectivity index (χ4v) is 1.72. The van der Waals surface area contributed by atoms with E-state index in [0.29, 0.717) is 0 Å². The highest BCUT2D eigenvalue weighted by atomic mass is 16.5. The van der Waals surface area contributed by atoms with Crippen LogP contribution in [-0.2, 0) is 0 Å². The highest BCUT2D eigenvalue weighted by Gasteiger charge is 2.06. The Hall–Kier alpha value is -1.38. The van der Waals surface area contributed by atoms with Crippen LogP contribution in [0.2, 0.25) is 0 Å². The molecule has 0 saturated heterocycles. The van der Waals surface area contributed by atoms with Crippen molar-refractivity contribution in [2.75, 3.05) is 23.7 Å². The highest BCUT2D eigenvalue weighted by molar-refractivity contribution is 5.60. The van der Waals surface area contributed by atoms with Crippen LogP contribution in [0.1, 0.15) is 27.7 Å². The highest BCUT2D eigenvalue weighted by Crippen LogP contribution is 2.26. The third kappa shape index (κ3) is 3.33. The lowest BCUT2D eigenvalue weighted by Crippen LogP contribution is -2.22. The van der Waals surface area contributed by atoms with Gasteiger partial charge in [-0.2, -0.15) is 0 Å². The third-order valence-corrected chi connectivity index (χ3v) is 2.41. The minimum absolute atomic E-state index is 0.173. The summed E-state index contributed by atoms with van der Waals surface area (Å²) in [6.07, 6.45) is 0.173. The van der Waals surface area contributed by atoms with E-state index in [2.05, 4.69) is 18.7 Å². The van der Waals surface area contributed by atoms with Gasteiger partial charge < -0.3 is 15.4 Å². The second kappa shape index (κ2) is 5.64. The largest absolute Gasteiger partial charge is 0.491 e. The second-order valence-electron chi connectivity index (χ2n) is 4.10. The van der Waals surface area contributed by atoms with E-state index in [-0.39, 0.29) is 6.10 Å². The summed E-state index contributed by atoms with van der Waals surface area (Å²) in [6, 6.07) is 5.90. The molecule has 0 spiro atoms. The molecule has 90 valence electrons. The van der Waals surface area contributed by atoms with Gasteiger partial charge in [0.25, 0.3) is 0 Å². The molecule has 0 aromatic heterocycles. The van der Waals surface area contributed by atoms with Crippen molar-refractivity contribution in [3.8, 4) is 5.75 Å². The molecule has 0 unspecified atom stereocenters. The first-order chi connectivity index (χ1) is 7.56. The Morgan fingerprint density at radius 2 is 1.81 bits per heavy atom. The van der Waals surface area contributed by atoms with Crippen LogP contribution >= 0.6 is 0 Å². The van der Waals surface area contributed by atoms with E-state index in [4.69, 9.17) is 10.5 Å². The van der Waals surface area contributed by atoms with Crippen molar-refractivity contribution < 1.29 is 4.74 Å². The second-order valence-corrected chi connectivity index (χ2v) is 4.10. The molecule has 0 saturated carbocycles. The average molecular weight is 222 g/mol. The molecule has 0 atom stereocenters. The van der Waals surface area contributed by atoms with Gasteiger partial charge in [-0.3, -0.25) is 0 Å². The topological polar surface area (TPSA) is 38.5 Å². The Balaban J connectivity index is 2.97. The van der Waals surface area contributed by atoms with Gasteiger partial charge >= 0.3 is 0 Å². The number of benzene rings is 1. The number of hydrogen-bond donors (Lipinski definition) is 1. The normalized spacial score (nSPS) is 10.6. The van der Waals surface area contributed by atoms with Crippen molar-refractivity contribution >= 4 is 11.4 Å². The molecular weight excluding hydrogens is 200 g/mol. The Bertz CT molecular complexity index is 333. The van der Waals surface area contributed by atoms with Crippen LogP contribution in [0.3, 0.4) is 0 Å². The van der Waals surface area contributed by atoms with Crippen molar-refractivity contribution in [1.29, 1.82) is 0 Å². The lowest BCUT2D eigenvalue weighted by molar-refractivity contribution is 0.242.